The van der Waals surface area contributed by atoms with Gasteiger partial charge >= 0.3 is 11.9 Å². The van der Waals surface area contributed by atoms with Crippen molar-refractivity contribution in [1.29, 1.82) is 0 Å². The molecular weight excluding hydrogens is 432 g/mol. The zero-order valence-electron chi connectivity index (χ0n) is 17.3. The quantitative estimate of drug-likeness (QED) is 0.177. The third-order valence-corrected chi connectivity index (χ3v) is 5.51. The summed E-state index contributed by atoms with van der Waals surface area (Å²) in [7, 11) is 0. The third-order valence-electron chi connectivity index (χ3n) is 4.87. The van der Waals surface area contributed by atoms with Gasteiger partial charge in [-0.15, -0.1) is 0 Å². The monoisotopic (exact) mass is 462 g/mol. The van der Waals surface area contributed by atoms with Crippen molar-refractivity contribution >= 4 is 41.4 Å². The molecule has 0 aromatic heterocycles. The Morgan fingerprint density at radius 2 is 1.81 bits per heavy atom. The Labute approximate surface area is 183 Å². The Balaban J connectivity index is 2.83. The summed E-state index contributed by atoms with van der Waals surface area (Å²) in [5, 5.41) is 31.6. The Bertz CT molecular complexity index is 677. The highest BCUT2D eigenvalue weighted by atomic mass is 32.2. The maximum absolute atomic E-state index is 12.8. The summed E-state index contributed by atoms with van der Waals surface area (Å²) in [5.41, 5.74) is 5.79. The molecule has 0 radical (unpaired) electrons. The standard InChI is InChI=1S/C18H30N4O8S/c1-31-8-6-11(15(26)21-12(9-23)18(29)30)20-16(27)13-3-2-7-22(13)17(28)10(19)4-5-14(24)25/h10-13,23H,2-9,19H2,1H3,(H,20,27)(H,21,26)(H,24,25)(H,29,30). The van der Waals surface area contributed by atoms with Gasteiger partial charge in [0.15, 0.2) is 0 Å². The van der Waals surface area contributed by atoms with Gasteiger partial charge in [0, 0.05) is 13.0 Å². The molecule has 176 valence electrons. The molecule has 1 saturated heterocycles. The van der Waals surface area contributed by atoms with Gasteiger partial charge in [0.2, 0.25) is 17.7 Å². The first-order valence-electron chi connectivity index (χ1n) is 9.83. The summed E-state index contributed by atoms with van der Waals surface area (Å²) >= 11 is 1.43. The Kier molecular flexibility index (Phi) is 11.3. The van der Waals surface area contributed by atoms with Crippen LogP contribution in [-0.2, 0) is 24.0 Å². The number of rotatable bonds is 13. The van der Waals surface area contributed by atoms with E-state index in [4.69, 9.17) is 21.1 Å². The number of nitrogens with one attached hydrogen (secondary N) is 2. The van der Waals surface area contributed by atoms with E-state index in [1.807, 2.05) is 0 Å². The molecule has 4 atom stereocenters. The molecule has 1 aliphatic rings. The largest absolute Gasteiger partial charge is 0.481 e. The van der Waals surface area contributed by atoms with Crippen LogP contribution >= 0.6 is 11.8 Å². The molecule has 4 unspecified atom stereocenters. The van der Waals surface area contributed by atoms with Gasteiger partial charge in [-0.25, -0.2) is 4.79 Å². The third kappa shape index (κ3) is 8.34. The van der Waals surface area contributed by atoms with E-state index in [0.29, 0.717) is 18.6 Å². The van der Waals surface area contributed by atoms with Crippen LogP contribution in [0, 0.1) is 0 Å². The van der Waals surface area contributed by atoms with Gasteiger partial charge < -0.3 is 36.6 Å². The number of hydrogen-bond donors (Lipinski definition) is 6. The van der Waals surface area contributed by atoms with Gasteiger partial charge in [-0.3, -0.25) is 19.2 Å². The minimum absolute atomic E-state index is 0.0600. The molecular formula is C18H30N4O8S. The lowest BCUT2D eigenvalue weighted by atomic mass is 10.1. The van der Waals surface area contributed by atoms with Gasteiger partial charge in [-0.2, -0.15) is 11.8 Å². The molecule has 1 aliphatic heterocycles. The van der Waals surface area contributed by atoms with Crippen LogP contribution in [-0.4, -0.2) is 99.2 Å². The number of amides is 3. The fourth-order valence-electron chi connectivity index (χ4n) is 3.15. The molecule has 0 saturated carbocycles. The number of likely N-dealkylation sites (tertiary alicyclic amines) is 1. The molecule has 12 nitrogen and oxygen atoms in total. The maximum atomic E-state index is 12.8. The van der Waals surface area contributed by atoms with Gasteiger partial charge in [0.25, 0.3) is 0 Å². The van der Waals surface area contributed by atoms with Gasteiger partial charge in [-0.1, -0.05) is 0 Å². The number of carboxylic acids is 2. The van der Waals surface area contributed by atoms with E-state index in [-0.39, 0.29) is 25.8 Å². The van der Waals surface area contributed by atoms with Crippen LogP contribution in [0.15, 0.2) is 0 Å². The van der Waals surface area contributed by atoms with E-state index in [1.54, 1.807) is 6.26 Å². The number of nitrogens with two attached hydrogens (primary N) is 1. The lowest BCUT2D eigenvalue weighted by molar-refractivity contribution is -0.144. The summed E-state index contributed by atoms with van der Waals surface area (Å²) in [6.45, 7) is -0.519. The zero-order valence-corrected chi connectivity index (χ0v) is 18.1. The first-order chi connectivity index (χ1) is 14.6. The molecule has 13 heteroatoms. The number of nitrogens with zero attached hydrogens (tertiary/aromatic N) is 1. The molecule has 31 heavy (non-hydrogen) atoms. The normalized spacial score (nSPS) is 18.7. The van der Waals surface area contributed by atoms with E-state index < -0.39 is 60.4 Å². The predicted octanol–water partition coefficient (Wildman–Crippen LogP) is -2.03. The number of carbonyl (C=O) groups is 5. The lowest BCUT2D eigenvalue weighted by Gasteiger charge is -2.28. The summed E-state index contributed by atoms with van der Waals surface area (Å²) in [6.07, 6.45) is 2.59. The molecule has 7 N–H and O–H groups in total. The van der Waals surface area contributed by atoms with Crippen molar-refractivity contribution < 1.29 is 39.3 Å². The van der Waals surface area contributed by atoms with Gasteiger partial charge in [-0.05, 0) is 37.7 Å². The topological polar surface area (TPSA) is 199 Å². The van der Waals surface area contributed by atoms with Crippen molar-refractivity contribution in [1.82, 2.24) is 15.5 Å². The second kappa shape index (κ2) is 13.1. The van der Waals surface area contributed by atoms with E-state index in [1.165, 1.54) is 16.7 Å². The number of aliphatic hydroxyl groups is 1. The van der Waals surface area contributed by atoms with Gasteiger partial charge in [0.05, 0.1) is 12.6 Å². The lowest BCUT2D eigenvalue weighted by Crippen LogP contribution is -2.57. The Morgan fingerprint density at radius 1 is 1.13 bits per heavy atom. The van der Waals surface area contributed by atoms with Crippen molar-refractivity contribution in [3.05, 3.63) is 0 Å². The first-order valence-corrected chi connectivity index (χ1v) is 11.2. The maximum Gasteiger partial charge on any atom is 0.328 e. The van der Waals surface area contributed by atoms with Crippen molar-refractivity contribution in [2.75, 3.05) is 25.2 Å². The van der Waals surface area contributed by atoms with Crippen LogP contribution in [0.4, 0.5) is 0 Å². The van der Waals surface area contributed by atoms with Crippen LogP contribution < -0.4 is 16.4 Å². The number of carboxylic acid groups (broad SMARTS) is 2. The second-order valence-corrected chi connectivity index (χ2v) is 8.14. The summed E-state index contributed by atoms with van der Waals surface area (Å²) < 4.78 is 0. The Hall–Kier alpha value is -2.38. The number of aliphatic carboxylic acids is 2. The van der Waals surface area contributed by atoms with Crippen molar-refractivity contribution in [2.45, 2.75) is 56.3 Å². The number of hydrogen-bond acceptors (Lipinski definition) is 8. The average Bonchev–Trinajstić information content (AvgIpc) is 3.21. The van der Waals surface area contributed by atoms with Crippen LogP contribution in [0.2, 0.25) is 0 Å². The summed E-state index contributed by atoms with van der Waals surface area (Å²) in [4.78, 5) is 60.9. The van der Waals surface area contributed by atoms with Crippen LogP contribution in [0.3, 0.4) is 0 Å². The minimum atomic E-state index is -1.50. The van der Waals surface area contributed by atoms with Crippen molar-refractivity contribution in [3.8, 4) is 0 Å². The number of thioether (sulfide) groups is 1. The number of aliphatic hydroxyl groups excluding tert-OH is 1. The average molecular weight is 463 g/mol. The smallest absolute Gasteiger partial charge is 0.328 e. The van der Waals surface area contributed by atoms with Gasteiger partial charge in [0.1, 0.15) is 18.1 Å². The van der Waals surface area contributed by atoms with E-state index >= 15 is 0 Å². The fourth-order valence-corrected chi connectivity index (χ4v) is 3.62. The van der Waals surface area contributed by atoms with Crippen molar-refractivity contribution in [2.24, 2.45) is 5.73 Å². The molecule has 3 amide bonds. The first kappa shape index (κ1) is 26.7. The SMILES string of the molecule is CSCCC(NC(=O)C1CCCN1C(=O)C(N)CCC(=O)O)C(=O)NC(CO)C(=O)O. The predicted molar refractivity (Wildman–Crippen MR) is 111 cm³/mol. The van der Waals surface area contributed by atoms with E-state index in [2.05, 4.69) is 10.6 Å². The highest BCUT2D eigenvalue weighted by Crippen LogP contribution is 2.19. The minimum Gasteiger partial charge on any atom is -0.481 e. The Morgan fingerprint density at radius 3 is 2.35 bits per heavy atom. The van der Waals surface area contributed by atoms with Crippen LogP contribution in [0.25, 0.3) is 0 Å². The van der Waals surface area contributed by atoms with E-state index in [9.17, 15) is 24.0 Å². The zero-order chi connectivity index (χ0) is 23.6. The van der Waals surface area contributed by atoms with Crippen LogP contribution in [0.5, 0.6) is 0 Å². The molecule has 0 aliphatic carbocycles. The highest BCUT2D eigenvalue weighted by molar-refractivity contribution is 7.98. The van der Waals surface area contributed by atoms with Crippen molar-refractivity contribution in [3.63, 3.8) is 0 Å². The summed E-state index contributed by atoms with van der Waals surface area (Å²) in [5.74, 6) is -3.85. The second-order valence-electron chi connectivity index (χ2n) is 7.15. The molecule has 0 aromatic carbocycles. The molecule has 1 fully saturated rings. The molecule has 0 aromatic rings. The fraction of sp³-hybridized carbons (Fsp3) is 0.722. The molecule has 1 rings (SSSR count). The molecule has 1 heterocycles. The van der Waals surface area contributed by atoms with Crippen LogP contribution in [0.1, 0.15) is 32.1 Å². The van der Waals surface area contributed by atoms with E-state index in [0.717, 1.165) is 0 Å². The number of carbonyl (C=O) groups excluding carboxylic acids is 3. The molecule has 0 bridgehead atoms. The molecule has 0 spiro atoms. The highest BCUT2D eigenvalue weighted by Gasteiger charge is 2.37. The summed E-state index contributed by atoms with van der Waals surface area (Å²) in [6, 6.07) is -4.47.